The molecule has 7 fully saturated rings. The van der Waals surface area contributed by atoms with E-state index in [0.29, 0.717) is 59.3 Å². The van der Waals surface area contributed by atoms with Crippen molar-refractivity contribution in [1.29, 1.82) is 0 Å². The average Bonchev–Trinajstić information content (AvgIpc) is 3.61. The first-order chi connectivity index (χ1) is 22.2. The highest BCUT2D eigenvalue weighted by atomic mass is 19.1. The van der Waals surface area contributed by atoms with Gasteiger partial charge in [-0.05, 0) is 148 Å². The lowest BCUT2D eigenvalue weighted by atomic mass is 9.46. The summed E-state index contributed by atoms with van der Waals surface area (Å²) in [5, 5.41) is 21.4. The zero-order valence-electron chi connectivity index (χ0n) is 29.1. The van der Waals surface area contributed by atoms with Gasteiger partial charge in [0.25, 0.3) is 5.91 Å². The number of carbonyl (C=O) groups is 1. The van der Waals surface area contributed by atoms with Crippen LogP contribution < -0.4 is 0 Å². The molecule has 2 heterocycles. The van der Waals surface area contributed by atoms with Crippen molar-refractivity contribution in [1.82, 2.24) is 4.90 Å². The molecule has 1 amide bonds. The number of aliphatic hydroxyl groups is 2. The molecule has 1 aromatic rings. The number of amides is 1. The largest absolute Gasteiger partial charge is 0.388 e. The van der Waals surface area contributed by atoms with E-state index >= 15 is 0 Å². The van der Waals surface area contributed by atoms with Crippen molar-refractivity contribution in [2.75, 3.05) is 19.7 Å². The first-order valence-electron chi connectivity index (χ1n) is 18.6. The van der Waals surface area contributed by atoms with Crippen molar-refractivity contribution >= 4 is 5.91 Å². The third kappa shape index (κ3) is 4.85. The van der Waals surface area contributed by atoms with Crippen molar-refractivity contribution in [2.24, 2.45) is 45.3 Å². The van der Waals surface area contributed by atoms with E-state index in [0.717, 1.165) is 31.6 Å². The minimum absolute atomic E-state index is 0.00725. The number of hydrogen-bond acceptors (Lipinski definition) is 6. The summed E-state index contributed by atoms with van der Waals surface area (Å²) >= 11 is 0. The molecule has 2 spiro atoms. The van der Waals surface area contributed by atoms with Crippen LogP contribution in [0.1, 0.15) is 109 Å². The highest BCUT2D eigenvalue weighted by Crippen LogP contribution is 2.87. The number of aliphatic hydroxyl groups excluding tert-OH is 1. The van der Waals surface area contributed by atoms with Crippen LogP contribution in [-0.4, -0.2) is 77.0 Å². The van der Waals surface area contributed by atoms with Crippen LogP contribution in [0.5, 0.6) is 0 Å². The summed E-state index contributed by atoms with van der Waals surface area (Å²) in [7, 11) is 0. The van der Waals surface area contributed by atoms with Crippen LogP contribution in [0.4, 0.5) is 4.39 Å². The lowest BCUT2D eigenvalue weighted by molar-refractivity contribution is -0.241. The first kappa shape index (κ1) is 32.6. The number of ether oxygens (including phenoxy) is 3. The summed E-state index contributed by atoms with van der Waals surface area (Å²) in [6, 6.07) is 5.77. The molecule has 260 valence electrons. The molecule has 2 aliphatic heterocycles. The number of benzene rings is 1. The van der Waals surface area contributed by atoms with Gasteiger partial charge in [0.05, 0.1) is 37.1 Å². The Morgan fingerprint density at radius 3 is 2.49 bits per heavy atom. The van der Waals surface area contributed by atoms with Gasteiger partial charge in [-0.2, -0.15) is 0 Å². The van der Waals surface area contributed by atoms with E-state index in [4.69, 9.17) is 14.2 Å². The molecule has 0 radical (unpaired) electrons. The second kappa shape index (κ2) is 11.0. The normalized spacial score (nSPS) is 45.9. The average molecular weight is 654 g/mol. The highest BCUT2D eigenvalue weighted by Gasteiger charge is 2.80. The second-order valence-corrected chi connectivity index (χ2v) is 18.1. The zero-order chi connectivity index (χ0) is 33.1. The molecule has 7 nitrogen and oxygen atoms in total. The van der Waals surface area contributed by atoms with Crippen LogP contribution in [0.3, 0.4) is 0 Å². The van der Waals surface area contributed by atoms with Crippen molar-refractivity contribution < 1.29 is 33.6 Å². The molecule has 7 aliphatic rings. The van der Waals surface area contributed by atoms with Crippen molar-refractivity contribution in [2.45, 2.75) is 135 Å². The molecule has 2 N–H and O–H groups in total. The van der Waals surface area contributed by atoms with Gasteiger partial charge in [-0.1, -0.05) is 20.8 Å². The monoisotopic (exact) mass is 653 g/mol. The molecule has 0 aromatic heterocycles. The second-order valence-electron chi connectivity index (χ2n) is 18.1. The summed E-state index contributed by atoms with van der Waals surface area (Å²) in [5.41, 5.74) is 0.468. The van der Waals surface area contributed by atoms with Gasteiger partial charge < -0.3 is 29.3 Å². The predicted molar refractivity (Wildman–Crippen MR) is 175 cm³/mol. The summed E-state index contributed by atoms with van der Waals surface area (Å²) in [6.45, 7) is 12.1. The standard InChI is InChI=1S/C39H56FNO6/c1-35(2)30-13-11-25-27-20-29-26(10-12-28(46-29)33(42)36(3,4)44)37(27,5)16-17-38(25)22-39(30,38)15-14-31(35)47-32-21-41(18-19-45-32)34(43)23-6-8-24(40)9-7-23/h6-9,25-33,42,44H,10-22H2,1-5H3/t25?,26?,27?,28?,29?,30?,31-,32?,33-,37+,38?,39?/m0/s1. The molecule has 8 rings (SSSR count). The maximum atomic E-state index is 13.4. The molecule has 5 aliphatic carbocycles. The number of nitrogens with zero attached hydrogens (tertiary/aromatic N) is 1. The lowest BCUT2D eigenvalue weighted by Gasteiger charge is -2.60. The summed E-state index contributed by atoms with van der Waals surface area (Å²) in [4.78, 5) is 15.0. The summed E-state index contributed by atoms with van der Waals surface area (Å²) in [5.74, 6) is 2.12. The number of carbonyl (C=O) groups excluding carboxylic acids is 1. The molecular weight excluding hydrogens is 597 g/mol. The van der Waals surface area contributed by atoms with Gasteiger partial charge in [-0.25, -0.2) is 4.39 Å². The smallest absolute Gasteiger partial charge is 0.254 e. The van der Waals surface area contributed by atoms with Gasteiger partial charge in [0, 0.05) is 12.1 Å². The van der Waals surface area contributed by atoms with Gasteiger partial charge in [0.2, 0.25) is 0 Å². The van der Waals surface area contributed by atoms with Crippen LogP contribution in [-0.2, 0) is 14.2 Å². The van der Waals surface area contributed by atoms with Crippen molar-refractivity contribution in [3.05, 3.63) is 35.6 Å². The van der Waals surface area contributed by atoms with Crippen molar-refractivity contribution in [3.63, 3.8) is 0 Å². The van der Waals surface area contributed by atoms with Gasteiger partial charge >= 0.3 is 0 Å². The molecule has 9 unspecified atom stereocenters. The third-order valence-corrected chi connectivity index (χ3v) is 15.4. The molecule has 8 heteroatoms. The van der Waals surface area contributed by atoms with Crippen LogP contribution in [0.15, 0.2) is 24.3 Å². The zero-order valence-corrected chi connectivity index (χ0v) is 29.1. The van der Waals surface area contributed by atoms with E-state index in [2.05, 4.69) is 20.8 Å². The maximum absolute atomic E-state index is 13.4. The van der Waals surface area contributed by atoms with E-state index in [1.54, 1.807) is 30.9 Å². The van der Waals surface area contributed by atoms with Gasteiger partial charge in [-0.3, -0.25) is 4.79 Å². The Kier molecular flexibility index (Phi) is 7.60. The van der Waals surface area contributed by atoms with Crippen LogP contribution in [0.2, 0.25) is 0 Å². The van der Waals surface area contributed by atoms with E-state index in [1.807, 2.05) is 0 Å². The Balaban J connectivity index is 0.948. The van der Waals surface area contributed by atoms with Crippen LogP contribution in [0, 0.1) is 51.1 Å². The molecule has 12 atom stereocenters. The number of rotatable bonds is 5. The summed E-state index contributed by atoms with van der Waals surface area (Å²) < 4.78 is 33.0. The van der Waals surface area contributed by atoms with E-state index in [9.17, 15) is 19.4 Å². The van der Waals surface area contributed by atoms with Gasteiger partial charge in [0.15, 0.2) is 6.29 Å². The summed E-state index contributed by atoms with van der Waals surface area (Å²) in [6.07, 6.45) is 10.4. The fourth-order valence-corrected chi connectivity index (χ4v) is 13.0. The molecule has 47 heavy (non-hydrogen) atoms. The van der Waals surface area contributed by atoms with Crippen LogP contribution >= 0.6 is 0 Å². The van der Waals surface area contributed by atoms with E-state index < -0.39 is 18.0 Å². The fourth-order valence-electron chi connectivity index (χ4n) is 13.0. The minimum Gasteiger partial charge on any atom is -0.388 e. The van der Waals surface area contributed by atoms with E-state index in [1.165, 1.54) is 50.7 Å². The van der Waals surface area contributed by atoms with Gasteiger partial charge in [0.1, 0.15) is 11.9 Å². The van der Waals surface area contributed by atoms with E-state index in [-0.39, 0.29) is 35.5 Å². The first-order valence-corrected chi connectivity index (χ1v) is 18.6. The predicted octanol–water partition coefficient (Wildman–Crippen LogP) is 6.35. The Morgan fingerprint density at radius 1 is 1.00 bits per heavy atom. The van der Waals surface area contributed by atoms with Gasteiger partial charge in [-0.15, -0.1) is 0 Å². The molecular formula is C39H56FNO6. The Morgan fingerprint density at radius 2 is 1.74 bits per heavy atom. The Labute approximate surface area is 279 Å². The minimum atomic E-state index is -1.16. The number of morpholine rings is 1. The lowest BCUT2D eigenvalue weighted by Crippen LogP contribution is -2.56. The molecule has 1 aromatic carbocycles. The fraction of sp³-hybridized carbons (Fsp3) is 0.821. The number of halogens is 1. The number of fused-ring (bicyclic) bond motifs is 4. The quantitative estimate of drug-likeness (QED) is 0.385. The molecule has 2 saturated heterocycles. The third-order valence-electron chi connectivity index (χ3n) is 15.4. The maximum Gasteiger partial charge on any atom is 0.254 e. The van der Waals surface area contributed by atoms with Crippen LogP contribution in [0.25, 0.3) is 0 Å². The molecule has 0 bridgehead atoms. The Hall–Kier alpha value is -1.58. The highest BCUT2D eigenvalue weighted by molar-refractivity contribution is 5.94. The SMILES string of the molecule is CC(C)(O)[C@@H](O)C1CCC2C(CC3C4CCC5C(C)(C)[C@@H](OC6CN(C(=O)c7ccc(F)cc7)CCO6)CCC56CC46CC[C@]23C)O1. The Bertz CT molecular complexity index is 1380. The molecule has 5 saturated carbocycles. The number of hydrogen-bond donors (Lipinski definition) is 2. The van der Waals surface area contributed by atoms with Crippen molar-refractivity contribution in [3.8, 4) is 0 Å². The topological polar surface area (TPSA) is 88.5 Å².